The third kappa shape index (κ3) is 3.59. The van der Waals surface area contributed by atoms with E-state index in [1.54, 1.807) is 19.1 Å². The van der Waals surface area contributed by atoms with E-state index in [4.69, 9.17) is 0 Å². The molecule has 8 nitrogen and oxygen atoms in total. The Labute approximate surface area is 191 Å². The first-order chi connectivity index (χ1) is 15.8. The highest BCUT2D eigenvalue weighted by Crippen LogP contribution is 2.56. The lowest BCUT2D eigenvalue weighted by Gasteiger charge is -2.27. The standard InChI is InChI=1S/C25H25N3O5/c1-14-7-10-18(13-19(14)28(32)33)26-23(29)20(11-15-5-3-2-4-6-15)27-24(30)21-16-8-9-17(12-16)22(21)25(27)31/h2-7,10,13,16-17,20-22H,8-9,11-12H2,1H3,(H,26,29)/t16-,17-,20-,21-,22-/m0/s1. The molecule has 5 rings (SSSR count). The molecule has 0 unspecified atom stereocenters. The molecular weight excluding hydrogens is 422 g/mol. The van der Waals surface area contributed by atoms with Gasteiger partial charge in [0.25, 0.3) is 5.69 Å². The fraction of sp³-hybridized carbons (Fsp3) is 0.400. The van der Waals surface area contributed by atoms with Crippen molar-refractivity contribution in [3.63, 3.8) is 0 Å². The molecule has 2 bridgehead atoms. The van der Waals surface area contributed by atoms with Crippen LogP contribution in [0.15, 0.2) is 48.5 Å². The van der Waals surface area contributed by atoms with Crippen LogP contribution in [0.1, 0.15) is 30.4 Å². The number of carbonyl (C=O) groups is 3. The van der Waals surface area contributed by atoms with Crippen LogP contribution in [-0.4, -0.2) is 33.6 Å². The first-order valence-corrected chi connectivity index (χ1v) is 11.3. The van der Waals surface area contributed by atoms with Gasteiger partial charge in [0, 0.05) is 23.7 Å². The van der Waals surface area contributed by atoms with Gasteiger partial charge in [0.15, 0.2) is 0 Å². The molecule has 3 amide bonds. The number of aryl methyl sites for hydroxylation is 1. The highest BCUT2D eigenvalue weighted by Gasteiger charge is 2.62. The van der Waals surface area contributed by atoms with E-state index in [2.05, 4.69) is 5.32 Å². The van der Waals surface area contributed by atoms with Crippen LogP contribution in [0.5, 0.6) is 0 Å². The summed E-state index contributed by atoms with van der Waals surface area (Å²) in [5.74, 6) is -1.20. The number of nitro groups is 1. The number of carbonyl (C=O) groups excluding carboxylic acids is 3. The monoisotopic (exact) mass is 447 g/mol. The van der Waals surface area contributed by atoms with Gasteiger partial charge in [-0.05, 0) is 49.7 Å². The van der Waals surface area contributed by atoms with Gasteiger partial charge in [-0.1, -0.05) is 36.4 Å². The Bertz CT molecular complexity index is 1120. The molecule has 3 fully saturated rings. The number of hydrogen-bond donors (Lipinski definition) is 1. The minimum atomic E-state index is -1.02. The van der Waals surface area contributed by atoms with E-state index in [0.29, 0.717) is 5.56 Å². The average molecular weight is 447 g/mol. The van der Waals surface area contributed by atoms with Crippen LogP contribution in [0.25, 0.3) is 0 Å². The lowest BCUT2D eigenvalue weighted by atomic mass is 9.81. The van der Waals surface area contributed by atoms with Gasteiger partial charge >= 0.3 is 0 Å². The summed E-state index contributed by atoms with van der Waals surface area (Å²) in [5, 5.41) is 14.0. The fourth-order valence-electron chi connectivity index (χ4n) is 5.99. The molecule has 1 heterocycles. The summed E-state index contributed by atoms with van der Waals surface area (Å²) >= 11 is 0. The van der Waals surface area contributed by atoms with Crippen molar-refractivity contribution in [1.29, 1.82) is 0 Å². The Morgan fingerprint density at radius 3 is 2.33 bits per heavy atom. The lowest BCUT2D eigenvalue weighted by Crippen LogP contribution is -2.49. The highest BCUT2D eigenvalue weighted by molar-refractivity contribution is 6.10. The summed E-state index contributed by atoms with van der Waals surface area (Å²) in [6.07, 6.45) is 3.03. The van der Waals surface area contributed by atoms with Crippen molar-refractivity contribution in [2.75, 3.05) is 5.32 Å². The van der Waals surface area contributed by atoms with Crippen molar-refractivity contribution in [3.8, 4) is 0 Å². The van der Waals surface area contributed by atoms with Crippen molar-refractivity contribution in [2.24, 2.45) is 23.7 Å². The Hall–Kier alpha value is -3.55. The normalized spacial score (nSPS) is 26.4. The number of fused-ring (bicyclic) bond motifs is 5. The quantitative estimate of drug-likeness (QED) is 0.414. The number of likely N-dealkylation sites (tertiary alicyclic amines) is 1. The Morgan fingerprint density at radius 2 is 1.73 bits per heavy atom. The molecule has 2 aliphatic carbocycles. The maximum absolute atomic E-state index is 13.4. The molecule has 1 aliphatic heterocycles. The molecular formula is C25H25N3O5. The number of nitrogens with one attached hydrogen (secondary N) is 1. The van der Waals surface area contributed by atoms with Gasteiger partial charge in [-0.2, -0.15) is 0 Å². The molecule has 33 heavy (non-hydrogen) atoms. The zero-order valence-electron chi connectivity index (χ0n) is 18.3. The largest absolute Gasteiger partial charge is 0.324 e. The maximum atomic E-state index is 13.4. The van der Waals surface area contributed by atoms with Crippen molar-refractivity contribution >= 4 is 29.1 Å². The zero-order chi connectivity index (χ0) is 23.3. The third-order valence-electron chi connectivity index (χ3n) is 7.52. The molecule has 3 aliphatic rings. The number of rotatable bonds is 6. The molecule has 0 radical (unpaired) electrons. The summed E-state index contributed by atoms with van der Waals surface area (Å²) in [5.41, 5.74) is 1.46. The lowest BCUT2D eigenvalue weighted by molar-refractivity contribution is -0.385. The third-order valence-corrected chi connectivity index (χ3v) is 7.52. The van der Waals surface area contributed by atoms with E-state index < -0.39 is 16.9 Å². The fourth-order valence-corrected chi connectivity index (χ4v) is 5.99. The second kappa shape index (κ2) is 8.10. The van der Waals surface area contributed by atoms with E-state index in [0.717, 1.165) is 24.8 Å². The maximum Gasteiger partial charge on any atom is 0.274 e. The number of nitrogens with zero attached hydrogens (tertiary/aromatic N) is 2. The van der Waals surface area contributed by atoms with Gasteiger partial charge in [0.2, 0.25) is 17.7 Å². The number of benzene rings is 2. The number of anilines is 1. The predicted octanol–water partition coefficient (Wildman–Crippen LogP) is 3.48. The van der Waals surface area contributed by atoms with Crippen molar-refractivity contribution < 1.29 is 19.3 Å². The zero-order valence-corrected chi connectivity index (χ0v) is 18.3. The van der Waals surface area contributed by atoms with Crippen LogP contribution in [-0.2, 0) is 20.8 Å². The number of imide groups is 1. The number of amides is 3. The van der Waals surface area contributed by atoms with Crippen molar-refractivity contribution in [3.05, 3.63) is 69.8 Å². The summed E-state index contributed by atoms with van der Waals surface area (Å²) in [6, 6.07) is 12.7. The van der Waals surface area contributed by atoms with Gasteiger partial charge in [0.1, 0.15) is 6.04 Å². The van der Waals surface area contributed by atoms with Gasteiger partial charge in [-0.15, -0.1) is 0 Å². The molecule has 170 valence electrons. The van der Waals surface area contributed by atoms with Gasteiger partial charge in [-0.25, -0.2) is 0 Å². The molecule has 5 atom stereocenters. The van der Waals surface area contributed by atoms with E-state index in [1.165, 1.54) is 11.0 Å². The van der Waals surface area contributed by atoms with Crippen LogP contribution in [0, 0.1) is 40.7 Å². The van der Waals surface area contributed by atoms with Gasteiger partial charge in [-0.3, -0.25) is 29.4 Å². The SMILES string of the molecule is Cc1ccc(NC(=O)[C@H](Cc2ccccc2)N2C(=O)[C@H]3[C@H]4CC[C@@H](C4)[C@@H]3C2=O)cc1[N+](=O)[O-]. The van der Waals surface area contributed by atoms with Gasteiger partial charge < -0.3 is 5.32 Å². The molecule has 2 saturated carbocycles. The molecule has 1 N–H and O–H groups in total. The smallest absolute Gasteiger partial charge is 0.274 e. The van der Waals surface area contributed by atoms with Gasteiger partial charge in [0.05, 0.1) is 16.8 Å². The topological polar surface area (TPSA) is 110 Å². The van der Waals surface area contributed by atoms with Crippen LogP contribution in [0.3, 0.4) is 0 Å². The molecule has 0 spiro atoms. The summed E-state index contributed by atoms with van der Waals surface area (Å²) in [4.78, 5) is 52.2. The second-order valence-corrected chi connectivity index (χ2v) is 9.38. The van der Waals surface area contributed by atoms with Crippen LogP contribution in [0.4, 0.5) is 11.4 Å². The van der Waals surface area contributed by atoms with Crippen molar-refractivity contribution in [2.45, 2.75) is 38.6 Å². The van der Waals surface area contributed by atoms with Crippen LogP contribution < -0.4 is 5.32 Å². The minimum Gasteiger partial charge on any atom is -0.324 e. The van der Waals surface area contributed by atoms with Crippen LogP contribution in [0.2, 0.25) is 0 Å². The molecule has 2 aromatic carbocycles. The molecule has 0 aromatic heterocycles. The first-order valence-electron chi connectivity index (χ1n) is 11.3. The summed E-state index contributed by atoms with van der Waals surface area (Å²) in [6.45, 7) is 1.62. The van der Waals surface area contributed by atoms with E-state index in [9.17, 15) is 24.5 Å². The predicted molar refractivity (Wildman–Crippen MR) is 120 cm³/mol. The summed E-state index contributed by atoms with van der Waals surface area (Å²) < 4.78 is 0. The minimum absolute atomic E-state index is 0.105. The number of hydrogen-bond acceptors (Lipinski definition) is 5. The molecule has 8 heteroatoms. The summed E-state index contributed by atoms with van der Waals surface area (Å²) in [7, 11) is 0. The van der Waals surface area contributed by atoms with E-state index >= 15 is 0 Å². The first kappa shape index (κ1) is 21.3. The number of nitro benzene ring substituents is 1. The molecule has 1 saturated heterocycles. The Balaban J connectivity index is 1.46. The molecule has 2 aromatic rings. The Kier molecular flexibility index (Phi) is 5.23. The van der Waals surface area contributed by atoms with E-state index in [-0.39, 0.29) is 53.3 Å². The van der Waals surface area contributed by atoms with Crippen molar-refractivity contribution in [1.82, 2.24) is 4.90 Å². The van der Waals surface area contributed by atoms with Crippen LogP contribution >= 0.6 is 0 Å². The van der Waals surface area contributed by atoms with E-state index in [1.807, 2.05) is 30.3 Å². The average Bonchev–Trinajstić information content (AvgIpc) is 3.48. The second-order valence-electron chi connectivity index (χ2n) is 9.38. The Morgan fingerprint density at radius 1 is 1.09 bits per heavy atom. The highest BCUT2D eigenvalue weighted by atomic mass is 16.6.